The van der Waals surface area contributed by atoms with Crippen molar-refractivity contribution >= 4 is 52.5 Å². The van der Waals surface area contributed by atoms with Gasteiger partial charge in [0, 0.05) is 37.8 Å². The van der Waals surface area contributed by atoms with Crippen molar-refractivity contribution in [3.63, 3.8) is 0 Å². The first-order chi connectivity index (χ1) is 24.2. The Labute approximate surface area is 294 Å². The van der Waals surface area contributed by atoms with Crippen molar-refractivity contribution in [3.8, 4) is 5.88 Å². The number of fused-ring (bicyclic) bond motifs is 1. The Morgan fingerprint density at radius 2 is 1.51 bits per heavy atom. The highest BCUT2D eigenvalue weighted by molar-refractivity contribution is 5.97. The number of carboxylic acids is 1. The van der Waals surface area contributed by atoms with Crippen molar-refractivity contribution < 1.29 is 48.3 Å². The van der Waals surface area contributed by atoms with Gasteiger partial charge >= 0.3 is 12.1 Å². The number of benzene rings is 1. The van der Waals surface area contributed by atoms with Gasteiger partial charge in [0.15, 0.2) is 17.0 Å². The van der Waals surface area contributed by atoms with Crippen LogP contribution in [0.25, 0.3) is 11.2 Å². The standard InChI is InChI=1S/C32H45N9O10/c1-32(2,3)51-31(47)35-12-14-49-16-18-50-17-15-48-13-11-34-24(42)10-9-22(29(45)46)37-27(43)20-5-7-21(8-6-20)41(4)23-19-36-26-25(38-23)28(44)40-30(33)39-26/h5-8,19,22H,9-18H2,1-4H3,(H,34,42)(H,35,47)(H,37,43)(H,45,46)(H3,33,36,39,40,44). The van der Waals surface area contributed by atoms with E-state index in [0.717, 1.165) is 0 Å². The Hall–Kier alpha value is -5.40. The van der Waals surface area contributed by atoms with Gasteiger partial charge in [-0.3, -0.25) is 9.59 Å². The number of rotatable bonds is 20. The highest BCUT2D eigenvalue weighted by Crippen LogP contribution is 2.25. The number of ether oxygens (including phenoxy) is 4. The van der Waals surface area contributed by atoms with Crippen LogP contribution in [0.5, 0.6) is 5.88 Å². The minimum absolute atomic E-state index is 0.0656. The van der Waals surface area contributed by atoms with Crippen molar-refractivity contribution in [2.75, 3.05) is 70.4 Å². The Balaban J connectivity index is 1.29. The lowest BCUT2D eigenvalue weighted by molar-refractivity contribution is -0.139. The monoisotopic (exact) mass is 715 g/mol. The summed E-state index contributed by atoms with van der Waals surface area (Å²) in [6.45, 7) is 7.73. The predicted octanol–water partition coefficient (Wildman–Crippen LogP) is 1.13. The fraction of sp³-hybridized carbons (Fsp3) is 0.500. The summed E-state index contributed by atoms with van der Waals surface area (Å²) >= 11 is 0. The van der Waals surface area contributed by atoms with E-state index in [2.05, 4.69) is 35.9 Å². The number of aromatic hydroxyl groups is 1. The number of hydrogen-bond acceptors (Lipinski definition) is 15. The van der Waals surface area contributed by atoms with Gasteiger partial charge in [0.2, 0.25) is 17.7 Å². The lowest BCUT2D eigenvalue weighted by Crippen LogP contribution is -2.41. The average molecular weight is 716 g/mol. The summed E-state index contributed by atoms with van der Waals surface area (Å²) in [6.07, 6.45) is 0.683. The molecule has 0 spiro atoms. The number of nitrogens with two attached hydrogens (primary N) is 1. The fourth-order valence-corrected chi connectivity index (χ4v) is 4.24. The van der Waals surface area contributed by atoms with Gasteiger partial charge in [-0.2, -0.15) is 9.97 Å². The van der Waals surface area contributed by atoms with E-state index < -0.39 is 35.5 Å². The van der Waals surface area contributed by atoms with Gasteiger partial charge in [-0.05, 0) is 51.5 Å². The van der Waals surface area contributed by atoms with E-state index >= 15 is 0 Å². The lowest BCUT2D eigenvalue weighted by atomic mass is 10.1. The zero-order valence-electron chi connectivity index (χ0n) is 29.0. The maximum absolute atomic E-state index is 12.8. The summed E-state index contributed by atoms with van der Waals surface area (Å²) in [6, 6.07) is 4.99. The number of aliphatic carboxylic acids is 1. The number of carbonyl (C=O) groups is 4. The molecule has 51 heavy (non-hydrogen) atoms. The Morgan fingerprint density at radius 1 is 0.902 bits per heavy atom. The van der Waals surface area contributed by atoms with Crippen molar-refractivity contribution in [1.29, 1.82) is 0 Å². The zero-order valence-corrected chi connectivity index (χ0v) is 29.0. The van der Waals surface area contributed by atoms with Gasteiger partial charge in [0.25, 0.3) is 5.91 Å². The molecule has 278 valence electrons. The van der Waals surface area contributed by atoms with Crippen molar-refractivity contribution in [2.24, 2.45) is 0 Å². The van der Waals surface area contributed by atoms with Gasteiger partial charge in [-0.1, -0.05) is 0 Å². The number of carbonyl (C=O) groups excluding carboxylic acids is 3. The molecule has 2 heterocycles. The molecule has 1 atom stereocenters. The second-order valence-corrected chi connectivity index (χ2v) is 11.9. The number of hydrogen-bond donors (Lipinski definition) is 6. The molecule has 19 heteroatoms. The first-order valence-corrected chi connectivity index (χ1v) is 16.1. The molecule has 0 bridgehead atoms. The molecule has 0 saturated carbocycles. The number of aromatic nitrogens is 4. The van der Waals surface area contributed by atoms with Crippen LogP contribution in [0.4, 0.5) is 22.2 Å². The number of anilines is 3. The van der Waals surface area contributed by atoms with Crippen molar-refractivity contribution in [1.82, 2.24) is 35.9 Å². The third-order valence-electron chi connectivity index (χ3n) is 6.74. The summed E-state index contributed by atoms with van der Waals surface area (Å²) in [5.41, 5.74) is 5.99. The van der Waals surface area contributed by atoms with Crippen LogP contribution in [0.3, 0.4) is 0 Å². The molecule has 7 N–H and O–H groups in total. The Kier molecular flexibility index (Phi) is 15.5. The van der Waals surface area contributed by atoms with Crippen LogP contribution in [-0.4, -0.2) is 125 Å². The maximum Gasteiger partial charge on any atom is 0.407 e. The van der Waals surface area contributed by atoms with Crippen LogP contribution in [0.2, 0.25) is 0 Å². The molecule has 0 fully saturated rings. The summed E-state index contributed by atoms with van der Waals surface area (Å²) < 4.78 is 21.3. The molecule has 0 radical (unpaired) electrons. The molecule has 0 aliphatic carbocycles. The number of carboxylic acid groups (broad SMARTS) is 1. The summed E-state index contributed by atoms with van der Waals surface area (Å²) in [4.78, 5) is 66.1. The highest BCUT2D eigenvalue weighted by atomic mass is 16.6. The Bertz CT molecular complexity index is 1620. The molecule has 0 aliphatic rings. The fourth-order valence-electron chi connectivity index (χ4n) is 4.24. The average Bonchev–Trinajstić information content (AvgIpc) is 3.07. The van der Waals surface area contributed by atoms with Crippen LogP contribution < -0.4 is 26.6 Å². The predicted molar refractivity (Wildman–Crippen MR) is 184 cm³/mol. The topological polar surface area (TPSA) is 263 Å². The minimum atomic E-state index is -1.29. The summed E-state index contributed by atoms with van der Waals surface area (Å²) in [7, 11) is 1.70. The van der Waals surface area contributed by atoms with Gasteiger partial charge in [-0.15, -0.1) is 0 Å². The van der Waals surface area contributed by atoms with Gasteiger partial charge < -0.3 is 55.7 Å². The van der Waals surface area contributed by atoms with E-state index in [1.807, 2.05) is 0 Å². The van der Waals surface area contributed by atoms with Crippen molar-refractivity contribution in [3.05, 3.63) is 36.0 Å². The van der Waals surface area contributed by atoms with Crippen LogP contribution in [-0.2, 0) is 28.5 Å². The van der Waals surface area contributed by atoms with E-state index in [1.165, 1.54) is 18.3 Å². The van der Waals surface area contributed by atoms with Gasteiger partial charge in [-0.25, -0.2) is 19.6 Å². The molecule has 3 amide bonds. The SMILES string of the molecule is CN(c1ccc(C(=O)NC(CCC(=O)NCCOCCOCCOCCNC(=O)OC(C)(C)C)C(=O)O)cc1)c1cnc2nc(N)nc(O)c2n1. The summed E-state index contributed by atoms with van der Waals surface area (Å²) in [5, 5.41) is 27.4. The molecular weight excluding hydrogens is 670 g/mol. The normalized spacial score (nSPS) is 11.8. The zero-order chi connectivity index (χ0) is 37.4. The first kappa shape index (κ1) is 40.0. The molecule has 19 nitrogen and oxygen atoms in total. The highest BCUT2D eigenvalue weighted by Gasteiger charge is 2.22. The third kappa shape index (κ3) is 14.2. The van der Waals surface area contributed by atoms with E-state index in [1.54, 1.807) is 44.9 Å². The summed E-state index contributed by atoms with van der Waals surface area (Å²) in [5.74, 6) is -2.48. The lowest BCUT2D eigenvalue weighted by Gasteiger charge is -2.19. The maximum atomic E-state index is 12.8. The van der Waals surface area contributed by atoms with E-state index in [4.69, 9.17) is 24.7 Å². The van der Waals surface area contributed by atoms with Crippen LogP contribution in [0, 0.1) is 0 Å². The number of nitrogen functional groups attached to an aromatic ring is 1. The Morgan fingerprint density at radius 3 is 2.12 bits per heavy atom. The molecule has 0 aliphatic heterocycles. The molecule has 3 rings (SSSR count). The van der Waals surface area contributed by atoms with Crippen LogP contribution >= 0.6 is 0 Å². The molecule has 3 aromatic rings. The van der Waals surface area contributed by atoms with Crippen molar-refractivity contribution in [2.45, 2.75) is 45.3 Å². The van der Waals surface area contributed by atoms with Crippen LogP contribution in [0.1, 0.15) is 44.0 Å². The van der Waals surface area contributed by atoms with E-state index in [-0.39, 0.29) is 54.6 Å². The van der Waals surface area contributed by atoms with Gasteiger partial charge in [0.05, 0.1) is 45.8 Å². The molecule has 1 aromatic carbocycles. The second-order valence-electron chi connectivity index (χ2n) is 11.9. The second kappa shape index (κ2) is 19.7. The number of nitrogens with one attached hydrogen (secondary N) is 3. The molecular formula is C32H45N9O10. The molecule has 1 unspecified atom stereocenters. The molecule has 2 aromatic heterocycles. The minimum Gasteiger partial charge on any atom is -0.492 e. The van der Waals surface area contributed by atoms with E-state index in [0.29, 0.717) is 51.1 Å². The quantitative estimate of drug-likeness (QED) is 0.0896. The van der Waals surface area contributed by atoms with E-state index in [9.17, 15) is 29.4 Å². The smallest absolute Gasteiger partial charge is 0.407 e. The number of nitrogens with zero attached hydrogens (tertiary/aromatic N) is 5. The largest absolute Gasteiger partial charge is 0.492 e. The third-order valence-corrected chi connectivity index (χ3v) is 6.74. The van der Waals surface area contributed by atoms with Crippen LogP contribution in [0.15, 0.2) is 30.5 Å². The first-order valence-electron chi connectivity index (χ1n) is 16.1. The van der Waals surface area contributed by atoms with Gasteiger partial charge in [0.1, 0.15) is 11.6 Å². The molecule has 0 saturated heterocycles. The number of amides is 3. The number of alkyl carbamates (subject to hydrolysis) is 1.